The highest BCUT2D eigenvalue weighted by Gasteiger charge is 2.11. The Morgan fingerprint density at radius 3 is 2.91 bits per heavy atom. The van der Waals surface area contributed by atoms with Gasteiger partial charge in [-0.3, -0.25) is 0 Å². The monoisotopic (exact) mass is 146 g/mol. The Labute approximate surface area is 65.9 Å². The van der Waals surface area contributed by atoms with Crippen molar-refractivity contribution < 1.29 is 0 Å². The maximum Gasteiger partial charge on any atom is 0.0633 e. The van der Waals surface area contributed by atoms with E-state index < -0.39 is 0 Å². The van der Waals surface area contributed by atoms with E-state index in [0.29, 0.717) is 0 Å². The Morgan fingerprint density at radius 2 is 2.09 bits per heavy atom. The van der Waals surface area contributed by atoms with Gasteiger partial charge in [0.05, 0.1) is 11.4 Å². The van der Waals surface area contributed by atoms with Crippen LogP contribution in [0.3, 0.4) is 0 Å². The summed E-state index contributed by atoms with van der Waals surface area (Å²) >= 11 is 0. The van der Waals surface area contributed by atoms with Crippen molar-refractivity contribution >= 4 is 11.4 Å². The summed E-state index contributed by atoms with van der Waals surface area (Å²) in [6, 6.07) is 6.24. The lowest BCUT2D eigenvalue weighted by molar-refractivity contribution is 1.14. The first kappa shape index (κ1) is 6.28. The number of rotatable bonds is 0. The van der Waals surface area contributed by atoms with E-state index >= 15 is 0 Å². The summed E-state index contributed by atoms with van der Waals surface area (Å²) in [4.78, 5) is 0. The minimum absolute atomic E-state index is 0.948. The number of fused-ring (bicyclic) bond motifs is 1. The van der Waals surface area contributed by atoms with E-state index in [9.17, 15) is 0 Å². The SMILES string of the molecule is C=C1NNc2ccc(C)cc21. The first-order chi connectivity index (χ1) is 5.27. The maximum atomic E-state index is 3.86. The molecule has 1 aliphatic rings. The molecular weight excluding hydrogens is 136 g/mol. The molecule has 2 heteroatoms. The van der Waals surface area contributed by atoms with Gasteiger partial charge in [0, 0.05) is 5.56 Å². The molecule has 0 aromatic heterocycles. The molecule has 1 aromatic rings. The van der Waals surface area contributed by atoms with Crippen LogP contribution in [0.4, 0.5) is 5.69 Å². The number of hydrogen-bond acceptors (Lipinski definition) is 2. The van der Waals surface area contributed by atoms with Gasteiger partial charge in [-0.15, -0.1) is 0 Å². The minimum Gasteiger partial charge on any atom is -0.301 e. The molecule has 0 bridgehead atoms. The van der Waals surface area contributed by atoms with Crippen molar-refractivity contribution in [3.63, 3.8) is 0 Å². The quantitative estimate of drug-likeness (QED) is 0.584. The lowest BCUT2D eigenvalue weighted by atomic mass is 10.1. The molecule has 2 N–H and O–H groups in total. The molecule has 0 fully saturated rings. The largest absolute Gasteiger partial charge is 0.301 e. The lowest BCUT2D eigenvalue weighted by Gasteiger charge is -1.97. The smallest absolute Gasteiger partial charge is 0.0633 e. The highest BCUT2D eigenvalue weighted by Crippen LogP contribution is 2.26. The molecule has 0 radical (unpaired) electrons. The van der Waals surface area contributed by atoms with Gasteiger partial charge in [0.25, 0.3) is 0 Å². The van der Waals surface area contributed by atoms with E-state index in [1.54, 1.807) is 0 Å². The molecule has 56 valence electrons. The van der Waals surface area contributed by atoms with Crippen LogP contribution in [0.25, 0.3) is 5.70 Å². The Morgan fingerprint density at radius 1 is 1.27 bits per heavy atom. The van der Waals surface area contributed by atoms with Gasteiger partial charge < -0.3 is 10.9 Å². The number of aryl methyl sites for hydroxylation is 1. The number of hydrazine groups is 1. The summed E-state index contributed by atoms with van der Waals surface area (Å²) in [6.45, 7) is 5.94. The molecule has 2 rings (SSSR count). The van der Waals surface area contributed by atoms with Crippen molar-refractivity contribution in [1.29, 1.82) is 0 Å². The van der Waals surface area contributed by atoms with Crippen LogP contribution in [0.15, 0.2) is 24.8 Å². The molecular formula is C9H10N2. The Balaban J connectivity index is 2.60. The Hall–Kier alpha value is -1.44. The molecule has 0 spiro atoms. The van der Waals surface area contributed by atoms with Crippen LogP contribution in [0.2, 0.25) is 0 Å². The fourth-order valence-electron chi connectivity index (χ4n) is 1.23. The van der Waals surface area contributed by atoms with E-state index in [1.165, 1.54) is 11.1 Å². The van der Waals surface area contributed by atoms with Gasteiger partial charge in [-0.2, -0.15) is 0 Å². The second-order valence-corrected chi connectivity index (χ2v) is 2.78. The van der Waals surface area contributed by atoms with Crippen LogP contribution >= 0.6 is 0 Å². The Kier molecular flexibility index (Phi) is 1.15. The van der Waals surface area contributed by atoms with Gasteiger partial charge in [-0.05, 0) is 19.1 Å². The van der Waals surface area contributed by atoms with Crippen LogP contribution in [-0.2, 0) is 0 Å². The molecule has 0 aliphatic carbocycles. The fraction of sp³-hybridized carbons (Fsp3) is 0.111. The molecule has 1 heterocycles. The summed E-state index contributed by atoms with van der Waals surface area (Å²) in [5.41, 5.74) is 10.5. The molecule has 0 atom stereocenters. The Bertz CT molecular complexity index is 315. The van der Waals surface area contributed by atoms with Crippen LogP contribution in [-0.4, -0.2) is 0 Å². The third-order valence-corrected chi connectivity index (χ3v) is 1.85. The van der Waals surface area contributed by atoms with Crippen molar-refractivity contribution in [3.8, 4) is 0 Å². The maximum absolute atomic E-state index is 3.86. The van der Waals surface area contributed by atoms with Crippen molar-refractivity contribution in [2.75, 3.05) is 5.43 Å². The number of hydrogen-bond donors (Lipinski definition) is 2. The van der Waals surface area contributed by atoms with Crippen molar-refractivity contribution in [1.82, 2.24) is 5.43 Å². The zero-order valence-corrected chi connectivity index (χ0v) is 6.44. The lowest BCUT2D eigenvalue weighted by Crippen LogP contribution is -2.09. The predicted molar refractivity (Wildman–Crippen MR) is 47.0 cm³/mol. The zero-order chi connectivity index (χ0) is 7.84. The molecule has 0 amide bonds. The average Bonchev–Trinajstić information content (AvgIpc) is 2.33. The normalized spacial score (nSPS) is 13.7. The van der Waals surface area contributed by atoms with E-state index in [2.05, 4.69) is 42.6 Å². The van der Waals surface area contributed by atoms with Crippen molar-refractivity contribution in [2.45, 2.75) is 6.92 Å². The molecule has 0 saturated heterocycles. The van der Waals surface area contributed by atoms with E-state index in [0.717, 1.165) is 11.4 Å². The summed E-state index contributed by atoms with van der Waals surface area (Å²) in [5.74, 6) is 0. The molecule has 11 heavy (non-hydrogen) atoms. The van der Waals surface area contributed by atoms with Gasteiger partial charge >= 0.3 is 0 Å². The summed E-state index contributed by atoms with van der Waals surface area (Å²) in [5, 5.41) is 0. The number of anilines is 1. The molecule has 0 saturated carbocycles. The van der Waals surface area contributed by atoms with E-state index in [4.69, 9.17) is 0 Å². The standard InChI is InChI=1S/C9H10N2/c1-6-3-4-9-8(5-6)7(2)10-11-9/h3-5,10-11H,2H2,1H3. The summed E-state index contributed by atoms with van der Waals surface area (Å²) in [7, 11) is 0. The third kappa shape index (κ3) is 0.871. The highest BCUT2D eigenvalue weighted by atomic mass is 15.4. The van der Waals surface area contributed by atoms with E-state index in [1.807, 2.05) is 0 Å². The zero-order valence-electron chi connectivity index (χ0n) is 6.44. The molecule has 2 nitrogen and oxygen atoms in total. The average molecular weight is 146 g/mol. The van der Waals surface area contributed by atoms with Crippen molar-refractivity contribution in [3.05, 3.63) is 35.9 Å². The molecule has 1 aromatic carbocycles. The van der Waals surface area contributed by atoms with Crippen LogP contribution in [0, 0.1) is 6.92 Å². The summed E-state index contributed by atoms with van der Waals surface area (Å²) in [6.07, 6.45) is 0. The van der Waals surface area contributed by atoms with Crippen molar-refractivity contribution in [2.24, 2.45) is 0 Å². The topological polar surface area (TPSA) is 24.1 Å². The fourth-order valence-corrected chi connectivity index (χ4v) is 1.23. The summed E-state index contributed by atoms with van der Waals surface area (Å²) < 4.78 is 0. The number of benzene rings is 1. The molecule has 1 aliphatic heterocycles. The predicted octanol–water partition coefficient (Wildman–Crippen LogP) is 1.90. The molecule has 0 unspecified atom stereocenters. The van der Waals surface area contributed by atoms with Gasteiger partial charge in [0.1, 0.15) is 0 Å². The first-order valence-electron chi connectivity index (χ1n) is 3.59. The van der Waals surface area contributed by atoms with Gasteiger partial charge in [0.2, 0.25) is 0 Å². The second kappa shape index (κ2) is 2.02. The minimum atomic E-state index is 0.948. The van der Waals surface area contributed by atoms with Gasteiger partial charge in [-0.1, -0.05) is 18.2 Å². The van der Waals surface area contributed by atoms with E-state index in [-0.39, 0.29) is 0 Å². The van der Waals surface area contributed by atoms with Gasteiger partial charge in [-0.25, -0.2) is 0 Å². The van der Waals surface area contributed by atoms with Crippen LogP contribution in [0.5, 0.6) is 0 Å². The highest BCUT2D eigenvalue weighted by molar-refractivity contribution is 5.79. The van der Waals surface area contributed by atoms with Gasteiger partial charge in [0.15, 0.2) is 0 Å². The second-order valence-electron chi connectivity index (χ2n) is 2.78. The van der Waals surface area contributed by atoms with Crippen LogP contribution < -0.4 is 10.9 Å². The van der Waals surface area contributed by atoms with Crippen LogP contribution in [0.1, 0.15) is 11.1 Å². The first-order valence-corrected chi connectivity index (χ1v) is 3.59. The number of nitrogens with one attached hydrogen (secondary N) is 2. The third-order valence-electron chi connectivity index (χ3n) is 1.85.